The summed E-state index contributed by atoms with van der Waals surface area (Å²) in [7, 11) is 0. The van der Waals surface area contributed by atoms with E-state index in [4.69, 9.17) is 10.1 Å². The molecule has 174 valence electrons. The van der Waals surface area contributed by atoms with Gasteiger partial charge in [0.2, 0.25) is 0 Å². The number of carbonyl (C=O) groups excluding carboxylic acids is 2. The lowest BCUT2D eigenvalue weighted by Gasteiger charge is -2.17. The number of aryl methyl sites for hydroxylation is 1. The predicted molar refractivity (Wildman–Crippen MR) is 126 cm³/mol. The first kappa shape index (κ1) is 22.9. The van der Waals surface area contributed by atoms with Crippen LogP contribution >= 0.6 is 0 Å². The number of benzene rings is 1. The monoisotopic (exact) mass is 459 g/mol. The molecule has 0 saturated heterocycles. The Morgan fingerprint density at radius 3 is 2.62 bits per heavy atom. The Bertz CT molecular complexity index is 1490. The molecule has 0 radical (unpaired) electrons. The molecule has 0 bridgehead atoms. The summed E-state index contributed by atoms with van der Waals surface area (Å²) in [5.41, 5.74) is 1.32. The van der Waals surface area contributed by atoms with Gasteiger partial charge in [0.15, 0.2) is 0 Å². The summed E-state index contributed by atoms with van der Waals surface area (Å²) >= 11 is 0. The quantitative estimate of drug-likeness (QED) is 0.250. The molecule has 4 rings (SSSR count). The zero-order valence-electron chi connectivity index (χ0n) is 18.9. The fourth-order valence-electron chi connectivity index (χ4n) is 3.82. The van der Waals surface area contributed by atoms with Crippen molar-refractivity contribution >= 4 is 28.6 Å². The van der Waals surface area contributed by atoms with E-state index in [-0.39, 0.29) is 41.2 Å². The van der Waals surface area contributed by atoms with Crippen LogP contribution in [0.3, 0.4) is 0 Å². The van der Waals surface area contributed by atoms with Crippen LogP contribution < -0.4 is 16.4 Å². The summed E-state index contributed by atoms with van der Waals surface area (Å²) in [6.07, 6.45) is 2.01. The Kier molecular flexibility index (Phi) is 6.53. The lowest BCUT2D eigenvalue weighted by atomic mass is 10.1. The lowest BCUT2D eigenvalue weighted by molar-refractivity contribution is -0.141. The van der Waals surface area contributed by atoms with Gasteiger partial charge in [0.25, 0.3) is 11.5 Å². The van der Waals surface area contributed by atoms with Gasteiger partial charge in [-0.1, -0.05) is 36.4 Å². The first-order valence-electron chi connectivity index (χ1n) is 11.0. The average molecular weight is 460 g/mol. The summed E-state index contributed by atoms with van der Waals surface area (Å²) in [6, 6.07) is 15.8. The number of hydrogen-bond acceptors (Lipinski definition) is 6. The molecule has 2 N–H and O–H groups in total. The number of nitrogens with one attached hydrogen (secondary N) is 2. The molecule has 0 unspecified atom stereocenters. The van der Waals surface area contributed by atoms with Crippen molar-refractivity contribution in [2.45, 2.75) is 32.9 Å². The summed E-state index contributed by atoms with van der Waals surface area (Å²) in [5, 5.41) is 11.9. The van der Waals surface area contributed by atoms with Gasteiger partial charge in [0, 0.05) is 19.7 Å². The molecule has 3 heterocycles. The van der Waals surface area contributed by atoms with Gasteiger partial charge in [-0.25, -0.2) is 4.98 Å². The number of carbonyl (C=O) groups is 2. The maximum Gasteiger partial charge on any atom is 0.302 e. The third-order valence-electron chi connectivity index (χ3n) is 5.54. The van der Waals surface area contributed by atoms with E-state index >= 15 is 0 Å². The van der Waals surface area contributed by atoms with Crippen molar-refractivity contribution in [1.29, 1.82) is 5.41 Å². The fraction of sp³-hybridized carbons (Fsp3) is 0.240. The first-order valence-corrected chi connectivity index (χ1v) is 11.0. The third-order valence-corrected chi connectivity index (χ3v) is 5.54. The number of aromatic nitrogens is 3. The first-order chi connectivity index (χ1) is 16.4. The van der Waals surface area contributed by atoms with E-state index in [2.05, 4.69) is 10.3 Å². The summed E-state index contributed by atoms with van der Waals surface area (Å²) in [6.45, 7) is 3.58. The Morgan fingerprint density at radius 2 is 1.88 bits per heavy atom. The number of rotatable bonds is 7. The zero-order chi connectivity index (χ0) is 24.2. The molecular formula is C25H25N5O4. The van der Waals surface area contributed by atoms with Crippen LogP contribution in [0.25, 0.3) is 16.7 Å². The van der Waals surface area contributed by atoms with Crippen LogP contribution in [-0.4, -0.2) is 32.4 Å². The molecule has 0 spiro atoms. The van der Waals surface area contributed by atoms with Crippen LogP contribution in [0.4, 0.5) is 0 Å². The van der Waals surface area contributed by atoms with Gasteiger partial charge < -0.3 is 14.6 Å². The topological polar surface area (TPSA) is 119 Å². The molecule has 34 heavy (non-hydrogen) atoms. The largest absolute Gasteiger partial charge is 0.466 e. The van der Waals surface area contributed by atoms with Crippen LogP contribution in [0.15, 0.2) is 65.6 Å². The number of ether oxygens (including phenoxy) is 1. The van der Waals surface area contributed by atoms with Gasteiger partial charge in [-0.15, -0.1) is 0 Å². The number of amides is 1. The molecule has 0 aliphatic heterocycles. The molecule has 1 atom stereocenters. The molecule has 0 fully saturated rings. The summed E-state index contributed by atoms with van der Waals surface area (Å²) < 4.78 is 7.94. The van der Waals surface area contributed by atoms with Gasteiger partial charge >= 0.3 is 5.97 Å². The number of nitrogens with zero attached hydrogens (tertiary/aromatic N) is 3. The SMILES string of the molecule is CC(=O)OCCCn1c(=N)c(C(=O)N[C@@H](C)c2ccccc2)cc2c(=O)n3ccccc3nc21. The second kappa shape index (κ2) is 9.70. The molecule has 0 aliphatic carbocycles. The van der Waals surface area contributed by atoms with Gasteiger partial charge in [-0.2, -0.15) is 0 Å². The minimum absolute atomic E-state index is 0.0672. The zero-order valence-corrected chi connectivity index (χ0v) is 18.9. The number of esters is 1. The molecule has 9 heteroatoms. The second-order valence-electron chi connectivity index (χ2n) is 7.94. The van der Waals surface area contributed by atoms with Crippen molar-refractivity contribution in [2.24, 2.45) is 0 Å². The highest BCUT2D eigenvalue weighted by atomic mass is 16.5. The highest BCUT2D eigenvalue weighted by Gasteiger charge is 2.19. The van der Waals surface area contributed by atoms with E-state index < -0.39 is 11.9 Å². The molecule has 3 aromatic heterocycles. The van der Waals surface area contributed by atoms with E-state index in [1.807, 2.05) is 37.3 Å². The van der Waals surface area contributed by atoms with Crippen LogP contribution in [-0.2, 0) is 16.1 Å². The number of hydrogen-bond donors (Lipinski definition) is 2. The van der Waals surface area contributed by atoms with Crippen molar-refractivity contribution < 1.29 is 14.3 Å². The third kappa shape index (κ3) is 4.59. The van der Waals surface area contributed by atoms with Crippen LogP contribution in [0.5, 0.6) is 0 Å². The normalized spacial score (nSPS) is 11.9. The van der Waals surface area contributed by atoms with Crippen molar-refractivity contribution in [3.63, 3.8) is 0 Å². The van der Waals surface area contributed by atoms with Gasteiger partial charge in [0.1, 0.15) is 16.8 Å². The minimum atomic E-state index is -0.463. The van der Waals surface area contributed by atoms with Crippen molar-refractivity contribution in [2.75, 3.05) is 6.61 Å². The molecule has 0 aliphatic rings. The van der Waals surface area contributed by atoms with Crippen molar-refractivity contribution in [3.8, 4) is 0 Å². The van der Waals surface area contributed by atoms with E-state index in [1.165, 1.54) is 22.0 Å². The smallest absolute Gasteiger partial charge is 0.302 e. The highest BCUT2D eigenvalue weighted by Crippen LogP contribution is 2.14. The molecule has 1 amide bonds. The molecule has 9 nitrogen and oxygen atoms in total. The molecule has 0 saturated carbocycles. The van der Waals surface area contributed by atoms with Crippen LogP contribution in [0.1, 0.15) is 42.2 Å². The van der Waals surface area contributed by atoms with Gasteiger partial charge in [-0.3, -0.25) is 24.2 Å². The number of fused-ring (bicyclic) bond motifs is 2. The molecule has 4 aromatic rings. The summed E-state index contributed by atoms with van der Waals surface area (Å²) in [4.78, 5) is 42.1. The predicted octanol–water partition coefficient (Wildman–Crippen LogP) is 2.57. The lowest BCUT2D eigenvalue weighted by Crippen LogP contribution is -2.36. The van der Waals surface area contributed by atoms with Crippen LogP contribution in [0.2, 0.25) is 0 Å². The molecule has 1 aromatic carbocycles. The van der Waals surface area contributed by atoms with Crippen LogP contribution in [0, 0.1) is 5.41 Å². The van der Waals surface area contributed by atoms with Crippen molar-refractivity contribution in [3.05, 3.63) is 87.8 Å². The second-order valence-corrected chi connectivity index (χ2v) is 7.94. The average Bonchev–Trinajstić information content (AvgIpc) is 2.83. The van der Waals surface area contributed by atoms with E-state index in [9.17, 15) is 14.4 Å². The molecular weight excluding hydrogens is 434 g/mol. The Morgan fingerprint density at radius 1 is 1.15 bits per heavy atom. The Hall–Kier alpha value is -4.27. The van der Waals surface area contributed by atoms with Gasteiger partial charge in [0.05, 0.1) is 23.6 Å². The maximum atomic E-state index is 13.2. The van der Waals surface area contributed by atoms with E-state index in [0.717, 1.165) is 5.56 Å². The minimum Gasteiger partial charge on any atom is -0.466 e. The number of pyridine rings is 2. The Labute approximate surface area is 195 Å². The summed E-state index contributed by atoms with van der Waals surface area (Å²) in [5.74, 6) is -0.860. The maximum absolute atomic E-state index is 13.2. The van der Waals surface area contributed by atoms with Crippen molar-refractivity contribution in [1.82, 2.24) is 19.3 Å². The standard InChI is InChI=1S/C25H25N5O4/c1-16(18-9-4-3-5-10-18)27-24(32)19-15-20-23(28-21-11-6-7-12-29(21)25(20)33)30(22(19)26)13-8-14-34-17(2)31/h3-7,9-12,15-16,26H,8,13-14H2,1-2H3,(H,27,32)/t16-/m0/s1. The fourth-order valence-corrected chi connectivity index (χ4v) is 3.82. The highest BCUT2D eigenvalue weighted by molar-refractivity contribution is 5.97. The van der Waals surface area contributed by atoms with Gasteiger partial charge in [-0.05, 0) is 37.1 Å². The Balaban J connectivity index is 1.80. The van der Waals surface area contributed by atoms with E-state index in [1.54, 1.807) is 24.4 Å². The van der Waals surface area contributed by atoms with E-state index in [0.29, 0.717) is 17.7 Å².